The third-order valence-electron chi connectivity index (χ3n) is 4.90. The standard InChI is InChI=1S/C23H22ClN5O4/c1-14(2)28-13-25-23-26-17(11-21(30)29(23)28)12-33-20-9-6-16(24)10-19(20)27-22(31)15-4-7-18(32-3)8-5-15/h4-11,13-14H,12H2,1-3H3,(H,27,31). The molecule has 0 atom stereocenters. The summed E-state index contributed by atoms with van der Waals surface area (Å²) in [5.41, 5.74) is 0.998. The van der Waals surface area contributed by atoms with E-state index in [1.54, 1.807) is 60.6 Å². The van der Waals surface area contributed by atoms with Crippen molar-refractivity contribution in [2.75, 3.05) is 12.4 Å². The molecule has 0 saturated heterocycles. The minimum atomic E-state index is -0.332. The summed E-state index contributed by atoms with van der Waals surface area (Å²) in [5, 5.41) is 3.24. The highest BCUT2D eigenvalue weighted by Crippen LogP contribution is 2.29. The Bertz CT molecular complexity index is 1360. The molecule has 1 N–H and O–H groups in total. The van der Waals surface area contributed by atoms with Gasteiger partial charge >= 0.3 is 0 Å². The minimum absolute atomic E-state index is 0.00726. The number of carbonyl (C=O) groups is 1. The van der Waals surface area contributed by atoms with Crippen molar-refractivity contribution in [3.05, 3.63) is 81.5 Å². The number of hydrogen-bond donors (Lipinski definition) is 1. The molecule has 0 fully saturated rings. The van der Waals surface area contributed by atoms with E-state index >= 15 is 0 Å². The maximum absolute atomic E-state index is 12.7. The van der Waals surface area contributed by atoms with Crippen LogP contribution in [0.5, 0.6) is 11.5 Å². The number of methoxy groups -OCH3 is 1. The summed E-state index contributed by atoms with van der Waals surface area (Å²) in [4.78, 5) is 33.9. The molecule has 2 heterocycles. The van der Waals surface area contributed by atoms with Crippen LogP contribution in [0.4, 0.5) is 5.69 Å². The van der Waals surface area contributed by atoms with Crippen molar-refractivity contribution in [3.8, 4) is 11.5 Å². The van der Waals surface area contributed by atoms with Crippen LogP contribution in [0.15, 0.2) is 59.7 Å². The van der Waals surface area contributed by atoms with Gasteiger partial charge in [-0.3, -0.25) is 14.3 Å². The van der Waals surface area contributed by atoms with Crippen molar-refractivity contribution < 1.29 is 14.3 Å². The zero-order chi connectivity index (χ0) is 23.5. The van der Waals surface area contributed by atoms with Gasteiger partial charge in [-0.2, -0.15) is 9.50 Å². The topological polar surface area (TPSA) is 99.7 Å². The molecule has 4 aromatic rings. The lowest BCUT2D eigenvalue weighted by atomic mass is 10.2. The van der Waals surface area contributed by atoms with Gasteiger partial charge in [0.1, 0.15) is 24.4 Å². The Morgan fingerprint density at radius 2 is 1.91 bits per heavy atom. The van der Waals surface area contributed by atoms with E-state index in [0.29, 0.717) is 39.2 Å². The molecule has 170 valence electrons. The van der Waals surface area contributed by atoms with E-state index in [9.17, 15) is 9.59 Å². The Balaban J connectivity index is 1.54. The van der Waals surface area contributed by atoms with E-state index in [-0.39, 0.29) is 24.1 Å². The van der Waals surface area contributed by atoms with Crippen LogP contribution in [-0.2, 0) is 6.61 Å². The SMILES string of the molecule is COc1ccc(C(=O)Nc2cc(Cl)ccc2OCc2cc(=O)n3c(ncn3C(C)C)n2)cc1. The Morgan fingerprint density at radius 1 is 1.15 bits per heavy atom. The van der Waals surface area contributed by atoms with Gasteiger partial charge in [0.25, 0.3) is 17.2 Å². The highest BCUT2D eigenvalue weighted by atomic mass is 35.5. The van der Waals surface area contributed by atoms with Gasteiger partial charge in [-0.25, -0.2) is 4.98 Å². The molecular weight excluding hydrogens is 446 g/mol. The quantitative estimate of drug-likeness (QED) is 0.441. The van der Waals surface area contributed by atoms with Crippen LogP contribution in [0.3, 0.4) is 0 Å². The highest BCUT2D eigenvalue weighted by Gasteiger charge is 2.14. The van der Waals surface area contributed by atoms with Gasteiger partial charge in [-0.15, -0.1) is 0 Å². The van der Waals surface area contributed by atoms with Crippen LogP contribution < -0.4 is 20.3 Å². The predicted molar refractivity (Wildman–Crippen MR) is 124 cm³/mol. The molecule has 0 aliphatic carbocycles. The van der Waals surface area contributed by atoms with E-state index < -0.39 is 0 Å². The molecule has 0 saturated carbocycles. The van der Waals surface area contributed by atoms with Gasteiger partial charge in [0, 0.05) is 22.7 Å². The predicted octanol–water partition coefficient (Wildman–Crippen LogP) is 3.97. The second kappa shape index (κ2) is 9.33. The molecule has 2 aromatic carbocycles. The van der Waals surface area contributed by atoms with Crippen LogP contribution >= 0.6 is 11.6 Å². The summed E-state index contributed by atoms with van der Waals surface area (Å²) >= 11 is 6.13. The Kier molecular flexibility index (Phi) is 6.32. The Labute approximate surface area is 194 Å². The second-order valence-electron chi connectivity index (χ2n) is 7.53. The fourth-order valence-electron chi connectivity index (χ4n) is 3.23. The van der Waals surface area contributed by atoms with Crippen molar-refractivity contribution >= 4 is 29.0 Å². The molecule has 0 bridgehead atoms. The number of nitrogens with one attached hydrogen (secondary N) is 1. The number of nitrogens with zero attached hydrogens (tertiary/aromatic N) is 4. The maximum atomic E-state index is 12.7. The molecule has 0 aliphatic rings. The lowest BCUT2D eigenvalue weighted by Gasteiger charge is -2.13. The highest BCUT2D eigenvalue weighted by molar-refractivity contribution is 6.31. The third-order valence-corrected chi connectivity index (χ3v) is 5.14. The van der Waals surface area contributed by atoms with E-state index in [1.807, 2.05) is 13.8 Å². The van der Waals surface area contributed by atoms with Gasteiger partial charge < -0.3 is 14.8 Å². The molecule has 33 heavy (non-hydrogen) atoms. The molecule has 0 unspecified atom stereocenters. The summed E-state index contributed by atoms with van der Waals surface area (Å²) in [7, 11) is 1.56. The first kappa shape index (κ1) is 22.3. The summed E-state index contributed by atoms with van der Waals surface area (Å²) in [5.74, 6) is 0.994. The number of aromatic nitrogens is 4. The zero-order valence-corrected chi connectivity index (χ0v) is 19.0. The number of ether oxygens (including phenoxy) is 2. The first-order valence-corrected chi connectivity index (χ1v) is 10.6. The number of anilines is 1. The van der Waals surface area contributed by atoms with Gasteiger partial charge in [0.2, 0.25) is 0 Å². The van der Waals surface area contributed by atoms with E-state index in [4.69, 9.17) is 21.1 Å². The van der Waals surface area contributed by atoms with Crippen LogP contribution in [-0.4, -0.2) is 32.2 Å². The van der Waals surface area contributed by atoms with E-state index in [0.717, 1.165) is 0 Å². The molecule has 1 amide bonds. The number of amides is 1. The molecule has 0 spiro atoms. The first-order valence-electron chi connectivity index (χ1n) is 10.2. The smallest absolute Gasteiger partial charge is 0.274 e. The molecular formula is C23H22ClN5O4. The lowest BCUT2D eigenvalue weighted by Crippen LogP contribution is -2.23. The van der Waals surface area contributed by atoms with Crippen molar-refractivity contribution in [1.82, 2.24) is 19.2 Å². The zero-order valence-electron chi connectivity index (χ0n) is 18.3. The Morgan fingerprint density at radius 3 is 2.61 bits per heavy atom. The summed E-state index contributed by atoms with van der Waals surface area (Å²) < 4.78 is 14.1. The molecule has 2 aromatic heterocycles. The first-order chi connectivity index (χ1) is 15.9. The number of carbonyl (C=O) groups excluding carboxylic acids is 1. The monoisotopic (exact) mass is 467 g/mol. The number of halogens is 1. The van der Waals surface area contributed by atoms with Crippen molar-refractivity contribution in [2.24, 2.45) is 0 Å². The van der Waals surface area contributed by atoms with Gasteiger partial charge in [0.15, 0.2) is 0 Å². The number of fused-ring (bicyclic) bond motifs is 1. The molecule has 9 nitrogen and oxygen atoms in total. The molecule has 4 rings (SSSR count). The number of hydrogen-bond acceptors (Lipinski definition) is 6. The fraction of sp³-hybridized carbons (Fsp3) is 0.217. The average Bonchev–Trinajstić information content (AvgIpc) is 3.23. The molecule has 10 heteroatoms. The molecule has 0 aliphatic heterocycles. The van der Waals surface area contributed by atoms with Gasteiger partial charge in [-0.1, -0.05) is 11.6 Å². The number of benzene rings is 2. The Hall–Kier alpha value is -3.85. The summed E-state index contributed by atoms with van der Waals surface area (Å²) in [6.07, 6.45) is 1.57. The van der Waals surface area contributed by atoms with Crippen LogP contribution in [0.25, 0.3) is 5.78 Å². The minimum Gasteiger partial charge on any atom is -0.497 e. The van der Waals surface area contributed by atoms with Crippen molar-refractivity contribution in [1.29, 1.82) is 0 Å². The maximum Gasteiger partial charge on any atom is 0.274 e. The summed E-state index contributed by atoms with van der Waals surface area (Å²) in [6, 6.07) is 13.1. The van der Waals surface area contributed by atoms with E-state index in [2.05, 4.69) is 15.3 Å². The van der Waals surface area contributed by atoms with Crippen LogP contribution in [0, 0.1) is 0 Å². The largest absolute Gasteiger partial charge is 0.497 e. The second-order valence-corrected chi connectivity index (χ2v) is 7.96. The number of rotatable bonds is 7. The fourth-order valence-corrected chi connectivity index (χ4v) is 3.40. The van der Waals surface area contributed by atoms with Crippen molar-refractivity contribution in [3.63, 3.8) is 0 Å². The van der Waals surface area contributed by atoms with E-state index in [1.165, 1.54) is 10.6 Å². The van der Waals surface area contributed by atoms with Crippen molar-refractivity contribution in [2.45, 2.75) is 26.5 Å². The van der Waals surface area contributed by atoms with Crippen LogP contribution in [0.2, 0.25) is 5.02 Å². The van der Waals surface area contributed by atoms with Crippen LogP contribution in [0.1, 0.15) is 35.9 Å². The van der Waals surface area contributed by atoms with Gasteiger partial charge in [-0.05, 0) is 56.3 Å². The lowest BCUT2D eigenvalue weighted by molar-refractivity contribution is 0.102. The summed E-state index contributed by atoms with van der Waals surface area (Å²) in [6.45, 7) is 3.91. The molecule has 0 radical (unpaired) electrons. The normalized spacial score (nSPS) is 11.1. The third kappa shape index (κ3) is 4.83. The average molecular weight is 468 g/mol. The van der Waals surface area contributed by atoms with Gasteiger partial charge in [0.05, 0.1) is 18.5 Å².